The quantitative estimate of drug-likeness (QED) is 0.438. The molecule has 0 amide bonds. The molecule has 88 valence electrons. The van der Waals surface area contributed by atoms with E-state index in [4.69, 9.17) is 0 Å². The largest absolute Gasteiger partial charge is 0.172 e. The van der Waals surface area contributed by atoms with Gasteiger partial charge < -0.3 is 0 Å². The van der Waals surface area contributed by atoms with Crippen molar-refractivity contribution in [2.24, 2.45) is 0 Å². The maximum Gasteiger partial charge on any atom is 0.119 e. The molecule has 0 unspecified atom stereocenters. The van der Waals surface area contributed by atoms with Crippen LogP contribution in [0.3, 0.4) is 0 Å². The molecule has 0 saturated heterocycles. The number of rotatable bonds is 0. The van der Waals surface area contributed by atoms with E-state index in [1.807, 2.05) is 12.1 Å². The predicted octanol–water partition coefficient (Wildman–Crippen LogP) is 4.37. The molecule has 4 rings (SSSR count). The maximum atomic E-state index is 4.37. The molecule has 4 nitrogen and oxygen atoms in total. The second kappa shape index (κ2) is 3.89. The molecule has 2 heterocycles. The lowest BCUT2D eigenvalue weighted by Gasteiger charge is -2.02. The molecular formula is C10H2Br2N4S2. The minimum absolute atomic E-state index is 0.891. The fourth-order valence-electron chi connectivity index (χ4n) is 1.98. The average molecular weight is 402 g/mol. The van der Waals surface area contributed by atoms with Crippen LogP contribution < -0.4 is 0 Å². The Morgan fingerprint density at radius 2 is 1.06 bits per heavy atom. The van der Waals surface area contributed by atoms with Crippen LogP contribution in [0.1, 0.15) is 0 Å². The Kier molecular flexibility index (Phi) is 2.41. The lowest BCUT2D eigenvalue weighted by Crippen LogP contribution is -1.82. The van der Waals surface area contributed by atoms with Crippen LogP contribution >= 0.6 is 55.3 Å². The summed E-state index contributed by atoms with van der Waals surface area (Å²) in [7, 11) is 0. The van der Waals surface area contributed by atoms with Gasteiger partial charge in [-0.05, 0) is 44.0 Å². The predicted molar refractivity (Wildman–Crippen MR) is 81.3 cm³/mol. The Hall–Kier alpha value is -0.700. The Bertz CT molecular complexity index is 839. The van der Waals surface area contributed by atoms with Gasteiger partial charge in [-0.1, -0.05) is 0 Å². The summed E-state index contributed by atoms with van der Waals surface area (Å²) in [4.78, 5) is 0. The van der Waals surface area contributed by atoms with E-state index in [1.165, 1.54) is 23.5 Å². The van der Waals surface area contributed by atoms with Crippen molar-refractivity contribution in [1.29, 1.82) is 0 Å². The third-order valence-corrected chi connectivity index (χ3v) is 5.04. The van der Waals surface area contributed by atoms with Crippen molar-refractivity contribution < 1.29 is 0 Å². The van der Waals surface area contributed by atoms with E-state index in [2.05, 4.69) is 49.4 Å². The number of aromatic nitrogens is 4. The van der Waals surface area contributed by atoms with Gasteiger partial charge in [0.15, 0.2) is 0 Å². The Labute approximate surface area is 126 Å². The summed E-state index contributed by atoms with van der Waals surface area (Å²) in [5, 5.41) is 2.10. The zero-order chi connectivity index (χ0) is 12.3. The molecule has 0 spiro atoms. The molecule has 0 radical (unpaired) electrons. The smallest absolute Gasteiger partial charge is 0.119 e. The minimum Gasteiger partial charge on any atom is -0.172 e. The number of benzene rings is 2. The fraction of sp³-hybridized carbons (Fsp3) is 0. The highest BCUT2D eigenvalue weighted by atomic mass is 79.9. The number of hydrogen-bond acceptors (Lipinski definition) is 6. The maximum absolute atomic E-state index is 4.37. The second-order valence-electron chi connectivity index (χ2n) is 3.73. The van der Waals surface area contributed by atoms with Crippen molar-refractivity contribution in [3.8, 4) is 0 Å². The van der Waals surface area contributed by atoms with Crippen LogP contribution in [0.25, 0.3) is 32.8 Å². The molecular weight excluding hydrogens is 400 g/mol. The Morgan fingerprint density at radius 1 is 0.667 bits per heavy atom. The van der Waals surface area contributed by atoms with Gasteiger partial charge in [0.1, 0.15) is 22.1 Å². The third-order valence-electron chi connectivity index (χ3n) is 2.77. The normalized spacial score (nSPS) is 11.9. The first-order chi connectivity index (χ1) is 8.75. The molecule has 0 aliphatic carbocycles. The summed E-state index contributed by atoms with van der Waals surface area (Å²) >= 11 is 9.51. The zero-order valence-electron chi connectivity index (χ0n) is 8.52. The van der Waals surface area contributed by atoms with Gasteiger partial charge >= 0.3 is 0 Å². The molecule has 18 heavy (non-hydrogen) atoms. The number of nitrogens with zero attached hydrogens (tertiary/aromatic N) is 4. The van der Waals surface area contributed by atoms with Gasteiger partial charge in [0.05, 0.1) is 23.5 Å². The number of fused-ring (bicyclic) bond motifs is 5. The van der Waals surface area contributed by atoms with Crippen molar-refractivity contribution >= 4 is 88.2 Å². The summed E-state index contributed by atoms with van der Waals surface area (Å²) < 4.78 is 19.2. The highest BCUT2D eigenvalue weighted by molar-refractivity contribution is 9.11. The lowest BCUT2D eigenvalue weighted by atomic mass is 10.1. The van der Waals surface area contributed by atoms with Crippen LogP contribution in [0.5, 0.6) is 0 Å². The summed E-state index contributed by atoms with van der Waals surface area (Å²) in [6, 6.07) is 4.07. The van der Waals surface area contributed by atoms with Crippen LogP contribution in [0.2, 0.25) is 0 Å². The molecule has 0 N–H and O–H groups in total. The van der Waals surface area contributed by atoms with E-state index in [1.54, 1.807) is 0 Å². The van der Waals surface area contributed by atoms with E-state index in [9.17, 15) is 0 Å². The van der Waals surface area contributed by atoms with Gasteiger partial charge in [0.2, 0.25) is 0 Å². The summed E-state index contributed by atoms with van der Waals surface area (Å²) in [5.74, 6) is 0. The van der Waals surface area contributed by atoms with Crippen molar-refractivity contribution in [3.63, 3.8) is 0 Å². The van der Waals surface area contributed by atoms with Crippen LogP contribution in [0, 0.1) is 0 Å². The molecule has 2 aromatic heterocycles. The van der Waals surface area contributed by atoms with E-state index >= 15 is 0 Å². The van der Waals surface area contributed by atoms with Gasteiger partial charge in [-0.3, -0.25) is 0 Å². The molecule has 0 bridgehead atoms. The van der Waals surface area contributed by atoms with Crippen molar-refractivity contribution in [3.05, 3.63) is 21.1 Å². The highest BCUT2D eigenvalue weighted by Crippen LogP contribution is 2.37. The van der Waals surface area contributed by atoms with Crippen molar-refractivity contribution in [2.45, 2.75) is 0 Å². The third kappa shape index (κ3) is 1.40. The molecule has 0 aliphatic rings. The first kappa shape index (κ1) is 11.2. The van der Waals surface area contributed by atoms with E-state index < -0.39 is 0 Å². The fourth-order valence-corrected chi connectivity index (χ4v) is 4.37. The molecule has 0 atom stereocenters. The minimum atomic E-state index is 0.891. The van der Waals surface area contributed by atoms with Gasteiger partial charge in [0, 0.05) is 19.7 Å². The van der Waals surface area contributed by atoms with Crippen LogP contribution in [-0.4, -0.2) is 17.5 Å². The van der Waals surface area contributed by atoms with E-state index in [0.717, 1.165) is 41.8 Å². The lowest BCUT2D eigenvalue weighted by molar-refractivity contribution is 1.62. The van der Waals surface area contributed by atoms with E-state index in [0.29, 0.717) is 0 Å². The second-order valence-corrected chi connectivity index (χ2v) is 6.50. The SMILES string of the molecule is Brc1cc2c(cc(Br)c3nsnc32)c2nsnc12. The number of hydrogen-bond donors (Lipinski definition) is 0. The first-order valence-electron chi connectivity index (χ1n) is 4.91. The van der Waals surface area contributed by atoms with Crippen LogP contribution in [0.4, 0.5) is 0 Å². The molecule has 0 fully saturated rings. The molecule has 0 saturated carbocycles. The summed E-state index contributed by atoms with van der Waals surface area (Å²) in [5.41, 5.74) is 3.59. The molecule has 4 aromatic rings. The van der Waals surface area contributed by atoms with Gasteiger partial charge in [-0.2, -0.15) is 17.5 Å². The number of halogens is 2. The molecule has 0 aliphatic heterocycles. The van der Waals surface area contributed by atoms with Crippen LogP contribution in [-0.2, 0) is 0 Å². The Morgan fingerprint density at radius 3 is 1.50 bits per heavy atom. The molecule has 8 heteroatoms. The summed E-state index contributed by atoms with van der Waals surface area (Å²) in [6.45, 7) is 0. The summed E-state index contributed by atoms with van der Waals surface area (Å²) in [6.07, 6.45) is 0. The molecule has 2 aromatic carbocycles. The topological polar surface area (TPSA) is 51.6 Å². The van der Waals surface area contributed by atoms with E-state index in [-0.39, 0.29) is 0 Å². The van der Waals surface area contributed by atoms with Gasteiger partial charge in [0.25, 0.3) is 0 Å². The highest BCUT2D eigenvalue weighted by Gasteiger charge is 2.15. The Balaban J connectivity index is 2.40. The van der Waals surface area contributed by atoms with Crippen LogP contribution in [0.15, 0.2) is 21.1 Å². The zero-order valence-corrected chi connectivity index (χ0v) is 13.3. The van der Waals surface area contributed by atoms with Gasteiger partial charge in [-0.15, -0.1) is 0 Å². The van der Waals surface area contributed by atoms with Crippen molar-refractivity contribution in [1.82, 2.24) is 17.5 Å². The average Bonchev–Trinajstić information content (AvgIpc) is 2.98. The van der Waals surface area contributed by atoms with Crippen molar-refractivity contribution in [2.75, 3.05) is 0 Å². The first-order valence-corrected chi connectivity index (χ1v) is 7.95. The monoisotopic (exact) mass is 400 g/mol. The van der Waals surface area contributed by atoms with Gasteiger partial charge in [-0.25, -0.2) is 0 Å². The standard InChI is InChI=1S/C10H2Br2N4S2/c11-5-1-3-4(8-9(5)15-18-14-8)2-6(12)10-7(3)13-17-16-10/h1-2H.